The van der Waals surface area contributed by atoms with Gasteiger partial charge in [-0.2, -0.15) is 5.10 Å². The highest BCUT2D eigenvalue weighted by atomic mass is 16.1. The van der Waals surface area contributed by atoms with Gasteiger partial charge >= 0.3 is 0 Å². The van der Waals surface area contributed by atoms with Crippen LogP contribution in [0.15, 0.2) is 36.7 Å². The maximum Gasteiger partial charge on any atom is 0.189 e. The molecule has 0 unspecified atom stereocenters. The average molecular weight is 254 g/mol. The summed E-state index contributed by atoms with van der Waals surface area (Å²) in [5.41, 5.74) is 4.15. The lowest BCUT2D eigenvalue weighted by atomic mass is 10.1. The zero-order chi connectivity index (χ0) is 13.8. The Morgan fingerprint density at radius 1 is 1.32 bits per heavy atom. The highest BCUT2D eigenvalue weighted by molar-refractivity contribution is 6.06. The molecular weight excluding hydrogens is 236 g/mol. The minimum atomic E-state index is -0.0158. The van der Waals surface area contributed by atoms with Crippen molar-refractivity contribution in [3.05, 3.63) is 58.9 Å². The van der Waals surface area contributed by atoms with Gasteiger partial charge in [0, 0.05) is 12.7 Å². The molecule has 19 heavy (non-hydrogen) atoms. The molecule has 1 aromatic carbocycles. The van der Waals surface area contributed by atoms with Crippen LogP contribution < -0.4 is 0 Å². The quantitative estimate of drug-likeness (QED) is 0.619. The van der Waals surface area contributed by atoms with Gasteiger partial charge in [-0.05, 0) is 43.5 Å². The molecule has 2 rings (SSSR count). The molecule has 0 amide bonds. The number of allylic oxidation sites excluding steroid dienone is 1. The first-order chi connectivity index (χ1) is 9.10. The number of rotatable bonds is 4. The van der Waals surface area contributed by atoms with Crippen LogP contribution in [-0.4, -0.2) is 15.6 Å². The van der Waals surface area contributed by atoms with Gasteiger partial charge in [0.15, 0.2) is 5.78 Å². The monoisotopic (exact) mass is 254 g/mol. The molecule has 0 aliphatic carbocycles. The Morgan fingerprint density at radius 2 is 2.11 bits per heavy atom. The minimum absolute atomic E-state index is 0.0158. The lowest BCUT2D eigenvalue weighted by Crippen LogP contribution is -1.94. The number of carbonyl (C=O) groups excluding carboxylic acids is 1. The third-order valence-electron chi connectivity index (χ3n) is 3.20. The molecular formula is C16H18N2O. The van der Waals surface area contributed by atoms with E-state index in [1.165, 1.54) is 11.1 Å². The Balaban J connectivity index is 2.13. The van der Waals surface area contributed by atoms with E-state index in [0.29, 0.717) is 5.56 Å². The fraction of sp³-hybridized carbons (Fsp3) is 0.250. The van der Waals surface area contributed by atoms with Gasteiger partial charge in [0.25, 0.3) is 0 Å². The predicted octanol–water partition coefficient (Wildman–Crippen LogP) is 3.42. The molecule has 0 radical (unpaired) electrons. The van der Waals surface area contributed by atoms with Crippen molar-refractivity contribution in [2.75, 3.05) is 0 Å². The summed E-state index contributed by atoms with van der Waals surface area (Å²) in [6, 6.07) is 6.16. The number of hydrogen-bond acceptors (Lipinski definition) is 2. The van der Waals surface area contributed by atoms with E-state index in [-0.39, 0.29) is 5.78 Å². The molecule has 0 spiro atoms. The summed E-state index contributed by atoms with van der Waals surface area (Å²) in [4.78, 5) is 12.0. The third kappa shape index (κ3) is 3.19. The predicted molar refractivity (Wildman–Crippen MR) is 77.2 cm³/mol. The fourth-order valence-electron chi connectivity index (χ4n) is 1.80. The zero-order valence-electron chi connectivity index (χ0n) is 11.6. The molecule has 0 fully saturated rings. The van der Waals surface area contributed by atoms with Crippen molar-refractivity contribution in [3.8, 4) is 0 Å². The van der Waals surface area contributed by atoms with Crippen LogP contribution >= 0.6 is 0 Å². The third-order valence-corrected chi connectivity index (χ3v) is 3.20. The second-order valence-corrected chi connectivity index (χ2v) is 4.63. The molecule has 0 bridgehead atoms. The van der Waals surface area contributed by atoms with Crippen molar-refractivity contribution >= 4 is 11.9 Å². The summed E-state index contributed by atoms with van der Waals surface area (Å²) in [5.74, 6) is -0.0158. The van der Waals surface area contributed by atoms with Crippen LogP contribution in [0.3, 0.4) is 0 Å². The van der Waals surface area contributed by atoms with Gasteiger partial charge in [0.2, 0.25) is 0 Å². The first kappa shape index (κ1) is 13.3. The first-order valence-electron chi connectivity index (χ1n) is 6.42. The molecule has 0 saturated heterocycles. The van der Waals surface area contributed by atoms with Crippen molar-refractivity contribution in [1.29, 1.82) is 0 Å². The molecule has 0 aliphatic heterocycles. The van der Waals surface area contributed by atoms with Gasteiger partial charge in [-0.1, -0.05) is 24.3 Å². The van der Waals surface area contributed by atoms with E-state index in [0.717, 1.165) is 12.1 Å². The second kappa shape index (κ2) is 5.65. The van der Waals surface area contributed by atoms with Crippen LogP contribution in [0.5, 0.6) is 0 Å². The highest BCUT2D eigenvalue weighted by Gasteiger charge is 2.04. The number of aromatic nitrogens is 2. The van der Waals surface area contributed by atoms with E-state index in [4.69, 9.17) is 0 Å². The zero-order valence-corrected chi connectivity index (χ0v) is 11.6. The van der Waals surface area contributed by atoms with E-state index in [9.17, 15) is 4.79 Å². The number of aryl methyl sites for hydroxylation is 3. The Hall–Kier alpha value is -2.16. The van der Waals surface area contributed by atoms with Crippen LogP contribution in [0.25, 0.3) is 6.08 Å². The number of benzene rings is 1. The smallest absolute Gasteiger partial charge is 0.189 e. The SMILES string of the molecule is CCn1cc(C(=O)/C=C/c2ccc(C)c(C)c2)cn1. The molecule has 0 N–H and O–H groups in total. The summed E-state index contributed by atoms with van der Waals surface area (Å²) in [7, 11) is 0. The standard InChI is InChI=1S/C16H18N2O/c1-4-18-11-15(10-17-18)16(19)8-7-14-6-5-12(2)13(3)9-14/h5-11H,4H2,1-3H3/b8-7+. The van der Waals surface area contributed by atoms with Gasteiger partial charge in [0.1, 0.15) is 0 Å². The van der Waals surface area contributed by atoms with Crippen LogP contribution in [0.4, 0.5) is 0 Å². The van der Waals surface area contributed by atoms with E-state index in [1.54, 1.807) is 23.2 Å². The highest BCUT2D eigenvalue weighted by Crippen LogP contribution is 2.11. The summed E-state index contributed by atoms with van der Waals surface area (Å²) in [5, 5.41) is 4.10. The maximum absolute atomic E-state index is 12.0. The van der Waals surface area contributed by atoms with E-state index >= 15 is 0 Å². The molecule has 3 nitrogen and oxygen atoms in total. The molecule has 0 aliphatic rings. The first-order valence-corrected chi connectivity index (χ1v) is 6.42. The molecule has 2 aromatic rings. The summed E-state index contributed by atoms with van der Waals surface area (Å²) < 4.78 is 1.75. The van der Waals surface area contributed by atoms with E-state index in [1.807, 2.05) is 19.1 Å². The molecule has 0 saturated carbocycles. The Labute approximate surface area is 113 Å². The van der Waals surface area contributed by atoms with Crippen LogP contribution in [0, 0.1) is 13.8 Å². The fourth-order valence-corrected chi connectivity index (χ4v) is 1.80. The largest absolute Gasteiger partial charge is 0.289 e. The van der Waals surface area contributed by atoms with Gasteiger partial charge in [0.05, 0.1) is 11.8 Å². The lowest BCUT2D eigenvalue weighted by molar-refractivity contribution is 0.104. The van der Waals surface area contributed by atoms with Crippen molar-refractivity contribution in [1.82, 2.24) is 9.78 Å². The average Bonchev–Trinajstić information content (AvgIpc) is 2.88. The van der Waals surface area contributed by atoms with Crippen LogP contribution in [0.1, 0.15) is 34.0 Å². The lowest BCUT2D eigenvalue weighted by Gasteiger charge is -2.00. The van der Waals surface area contributed by atoms with Crippen LogP contribution in [-0.2, 0) is 6.54 Å². The number of ketones is 1. The molecule has 0 atom stereocenters. The van der Waals surface area contributed by atoms with E-state index < -0.39 is 0 Å². The Kier molecular flexibility index (Phi) is 3.95. The molecule has 98 valence electrons. The summed E-state index contributed by atoms with van der Waals surface area (Å²) >= 11 is 0. The molecule has 3 heteroatoms. The van der Waals surface area contributed by atoms with Crippen LogP contribution in [0.2, 0.25) is 0 Å². The van der Waals surface area contributed by atoms with E-state index in [2.05, 4.69) is 31.1 Å². The number of hydrogen-bond donors (Lipinski definition) is 0. The van der Waals surface area contributed by atoms with Gasteiger partial charge in [-0.3, -0.25) is 9.48 Å². The number of carbonyl (C=O) groups is 1. The van der Waals surface area contributed by atoms with Crippen molar-refractivity contribution < 1.29 is 4.79 Å². The van der Waals surface area contributed by atoms with Crippen molar-refractivity contribution in [3.63, 3.8) is 0 Å². The Bertz CT molecular complexity index is 623. The Morgan fingerprint density at radius 3 is 2.74 bits per heavy atom. The van der Waals surface area contributed by atoms with Crippen molar-refractivity contribution in [2.24, 2.45) is 0 Å². The number of nitrogens with zero attached hydrogens (tertiary/aromatic N) is 2. The maximum atomic E-state index is 12.0. The van der Waals surface area contributed by atoms with Crippen molar-refractivity contribution in [2.45, 2.75) is 27.3 Å². The minimum Gasteiger partial charge on any atom is -0.289 e. The summed E-state index contributed by atoms with van der Waals surface area (Å²) in [6.45, 7) is 6.91. The molecule has 1 aromatic heterocycles. The topological polar surface area (TPSA) is 34.9 Å². The van der Waals surface area contributed by atoms with Gasteiger partial charge in [-0.25, -0.2) is 0 Å². The normalized spacial score (nSPS) is 11.1. The second-order valence-electron chi connectivity index (χ2n) is 4.63. The summed E-state index contributed by atoms with van der Waals surface area (Å²) in [6.07, 6.45) is 6.82. The van der Waals surface area contributed by atoms with Gasteiger partial charge in [-0.15, -0.1) is 0 Å². The molecule has 1 heterocycles. The van der Waals surface area contributed by atoms with Gasteiger partial charge < -0.3 is 0 Å².